The first-order valence-corrected chi connectivity index (χ1v) is 7.05. The number of hydrogen-bond donors (Lipinski definition) is 2. The van der Waals surface area contributed by atoms with Crippen LogP contribution >= 0.6 is 0 Å². The summed E-state index contributed by atoms with van der Waals surface area (Å²) in [4.78, 5) is 25.7. The Morgan fingerprint density at radius 2 is 2.00 bits per heavy atom. The first-order valence-electron chi connectivity index (χ1n) is 7.05. The van der Waals surface area contributed by atoms with E-state index in [9.17, 15) is 9.59 Å². The van der Waals surface area contributed by atoms with Gasteiger partial charge in [0.1, 0.15) is 0 Å². The van der Waals surface area contributed by atoms with Crippen LogP contribution in [-0.4, -0.2) is 35.5 Å². The number of benzene rings is 1. The molecule has 0 radical (unpaired) electrons. The Morgan fingerprint density at radius 1 is 1.30 bits per heavy atom. The monoisotopic (exact) mass is 273 g/mol. The van der Waals surface area contributed by atoms with E-state index in [1.807, 2.05) is 35.2 Å². The van der Waals surface area contributed by atoms with Gasteiger partial charge >= 0.3 is 6.03 Å². The van der Waals surface area contributed by atoms with Gasteiger partial charge in [-0.15, -0.1) is 0 Å². The molecule has 0 aromatic heterocycles. The molecule has 0 bridgehead atoms. The fourth-order valence-corrected chi connectivity index (χ4v) is 2.76. The maximum atomic E-state index is 11.9. The summed E-state index contributed by atoms with van der Waals surface area (Å²) in [5, 5.41) is 5.64. The minimum Gasteiger partial charge on any atom is -0.337 e. The number of nitrogens with one attached hydrogen (secondary N) is 2. The van der Waals surface area contributed by atoms with Crippen LogP contribution in [0.3, 0.4) is 0 Å². The number of likely N-dealkylation sites (tertiary alicyclic amines) is 1. The maximum Gasteiger partial charge on any atom is 0.319 e. The number of amides is 3. The van der Waals surface area contributed by atoms with E-state index in [1.165, 1.54) is 0 Å². The summed E-state index contributed by atoms with van der Waals surface area (Å²) in [6.45, 7) is 2.79. The van der Waals surface area contributed by atoms with Crippen molar-refractivity contribution in [2.24, 2.45) is 5.92 Å². The van der Waals surface area contributed by atoms with E-state index in [0.717, 1.165) is 12.1 Å². The second kappa shape index (κ2) is 5.15. The molecule has 3 amide bonds. The maximum absolute atomic E-state index is 11.9. The molecule has 5 heteroatoms. The Labute approximate surface area is 118 Å². The predicted molar refractivity (Wildman–Crippen MR) is 76.3 cm³/mol. The van der Waals surface area contributed by atoms with Gasteiger partial charge in [0.25, 0.3) is 0 Å². The molecule has 1 heterocycles. The standard InChI is InChI=1S/C15H19N3O2/c1-10-7-13(10)18-9-12(8-14(18)19)17-15(20)16-11-5-3-2-4-6-11/h2-6,10,12-13H,7-9H2,1H3,(H2,16,17,20)/t10-,12-,13-/m1/s1. The molecule has 0 spiro atoms. The van der Waals surface area contributed by atoms with Gasteiger partial charge in [0.05, 0.1) is 6.04 Å². The number of anilines is 1. The lowest BCUT2D eigenvalue weighted by Gasteiger charge is -2.17. The summed E-state index contributed by atoms with van der Waals surface area (Å²) >= 11 is 0. The van der Waals surface area contributed by atoms with Crippen LogP contribution in [-0.2, 0) is 4.79 Å². The Bertz CT molecular complexity index is 517. The molecule has 106 valence electrons. The zero-order chi connectivity index (χ0) is 14.1. The molecule has 1 aromatic carbocycles. The highest BCUT2D eigenvalue weighted by atomic mass is 16.2. The number of carbonyl (C=O) groups excluding carboxylic acids is 2. The number of para-hydroxylation sites is 1. The van der Waals surface area contributed by atoms with Crippen molar-refractivity contribution in [3.63, 3.8) is 0 Å². The van der Waals surface area contributed by atoms with E-state index < -0.39 is 0 Å². The van der Waals surface area contributed by atoms with Crippen LogP contribution in [0.2, 0.25) is 0 Å². The van der Waals surface area contributed by atoms with Crippen LogP contribution in [0.4, 0.5) is 10.5 Å². The van der Waals surface area contributed by atoms with Crippen molar-refractivity contribution < 1.29 is 9.59 Å². The Hall–Kier alpha value is -2.04. The predicted octanol–water partition coefficient (Wildman–Crippen LogP) is 1.82. The number of rotatable bonds is 3. The highest BCUT2D eigenvalue weighted by Crippen LogP contribution is 2.37. The van der Waals surface area contributed by atoms with Gasteiger partial charge < -0.3 is 15.5 Å². The van der Waals surface area contributed by atoms with Gasteiger partial charge in [-0.2, -0.15) is 0 Å². The molecule has 1 aliphatic carbocycles. The van der Waals surface area contributed by atoms with Gasteiger partial charge in [0.2, 0.25) is 5.91 Å². The Morgan fingerprint density at radius 3 is 2.65 bits per heavy atom. The number of carbonyl (C=O) groups is 2. The van der Waals surface area contributed by atoms with E-state index in [0.29, 0.717) is 24.9 Å². The SMILES string of the molecule is C[C@@H]1C[C@H]1N1C[C@H](NC(=O)Nc2ccccc2)CC1=O. The van der Waals surface area contributed by atoms with Crippen molar-refractivity contribution >= 4 is 17.6 Å². The highest BCUT2D eigenvalue weighted by molar-refractivity contribution is 5.90. The summed E-state index contributed by atoms with van der Waals surface area (Å²) in [6.07, 6.45) is 1.50. The Balaban J connectivity index is 1.51. The quantitative estimate of drug-likeness (QED) is 0.882. The first kappa shape index (κ1) is 13.0. The second-order valence-electron chi connectivity index (χ2n) is 5.69. The molecule has 2 aliphatic rings. The fourth-order valence-electron chi connectivity index (χ4n) is 2.76. The smallest absolute Gasteiger partial charge is 0.319 e. The molecule has 20 heavy (non-hydrogen) atoms. The average molecular weight is 273 g/mol. The number of nitrogens with zero attached hydrogens (tertiary/aromatic N) is 1. The van der Waals surface area contributed by atoms with E-state index >= 15 is 0 Å². The minimum atomic E-state index is -0.250. The third-order valence-corrected chi connectivity index (χ3v) is 3.99. The molecule has 1 aromatic rings. The van der Waals surface area contributed by atoms with E-state index in [2.05, 4.69) is 17.6 Å². The van der Waals surface area contributed by atoms with Crippen molar-refractivity contribution in [1.82, 2.24) is 10.2 Å². The van der Waals surface area contributed by atoms with Gasteiger partial charge in [-0.1, -0.05) is 25.1 Å². The largest absolute Gasteiger partial charge is 0.337 e. The molecular weight excluding hydrogens is 254 g/mol. The van der Waals surface area contributed by atoms with Gasteiger partial charge in [0.15, 0.2) is 0 Å². The second-order valence-corrected chi connectivity index (χ2v) is 5.69. The lowest BCUT2D eigenvalue weighted by molar-refractivity contribution is -0.128. The molecule has 3 rings (SSSR count). The third kappa shape index (κ3) is 2.76. The molecule has 5 nitrogen and oxygen atoms in total. The molecule has 3 atom stereocenters. The summed E-state index contributed by atoms with van der Waals surface area (Å²) < 4.78 is 0. The summed E-state index contributed by atoms with van der Waals surface area (Å²) in [5.41, 5.74) is 0.752. The normalized spacial score (nSPS) is 28.4. The van der Waals surface area contributed by atoms with E-state index in [4.69, 9.17) is 0 Å². The van der Waals surface area contributed by atoms with Gasteiger partial charge in [-0.05, 0) is 24.5 Å². The van der Waals surface area contributed by atoms with Crippen LogP contribution in [0, 0.1) is 5.92 Å². The van der Waals surface area contributed by atoms with Crippen molar-refractivity contribution in [3.05, 3.63) is 30.3 Å². The first-order chi connectivity index (χ1) is 9.63. The molecule has 0 unspecified atom stereocenters. The van der Waals surface area contributed by atoms with Crippen LogP contribution in [0.25, 0.3) is 0 Å². The fraction of sp³-hybridized carbons (Fsp3) is 0.467. The summed E-state index contributed by atoms with van der Waals surface area (Å²) in [7, 11) is 0. The van der Waals surface area contributed by atoms with Crippen molar-refractivity contribution in [1.29, 1.82) is 0 Å². The zero-order valence-corrected chi connectivity index (χ0v) is 11.5. The molecule has 2 fully saturated rings. The average Bonchev–Trinajstić information content (AvgIpc) is 3.02. The number of urea groups is 1. The number of hydrogen-bond acceptors (Lipinski definition) is 2. The summed E-state index contributed by atoms with van der Waals surface area (Å²) in [5.74, 6) is 0.764. The zero-order valence-electron chi connectivity index (χ0n) is 11.5. The molecule has 1 aliphatic heterocycles. The molecule has 2 N–H and O–H groups in total. The third-order valence-electron chi connectivity index (χ3n) is 3.99. The van der Waals surface area contributed by atoms with Gasteiger partial charge in [0, 0.05) is 24.7 Å². The Kier molecular flexibility index (Phi) is 3.34. The summed E-state index contributed by atoms with van der Waals surface area (Å²) in [6, 6.07) is 9.35. The van der Waals surface area contributed by atoms with E-state index in [1.54, 1.807) is 0 Å². The van der Waals surface area contributed by atoms with Crippen LogP contribution in [0.1, 0.15) is 19.8 Å². The van der Waals surface area contributed by atoms with Crippen LogP contribution in [0.15, 0.2) is 30.3 Å². The van der Waals surface area contributed by atoms with E-state index in [-0.39, 0.29) is 18.0 Å². The van der Waals surface area contributed by atoms with Gasteiger partial charge in [-0.25, -0.2) is 4.79 Å². The van der Waals surface area contributed by atoms with Crippen molar-refractivity contribution in [2.45, 2.75) is 31.8 Å². The lowest BCUT2D eigenvalue weighted by Crippen LogP contribution is -2.40. The van der Waals surface area contributed by atoms with Gasteiger partial charge in [-0.3, -0.25) is 4.79 Å². The lowest BCUT2D eigenvalue weighted by atomic mass is 10.2. The minimum absolute atomic E-state index is 0.0842. The molecular formula is C15H19N3O2. The van der Waals surface area contributed by atoms with Crippen molar-refractivity contribution in [2.75, 3.05) is 11.9 Å². The molecule has 1 saturated heterocycles. The van der Waals surface area contributed by atoms with Crippen LogP contribution < -0.4 is 10.6 Å². The molecule has 1 saturated carbocycles. The highest BCUT2D eigenvalue weighted by Gasteiger charge is 2.44. The van der Waals surface area contributed by atoms with Crippen molar-refractivity contribution in [3.8, 4) is 0 Å². The van der Waals surface area contributed by atoms with Crippen LogP contribution in [0.5, 0.6) is 0 Å². The topological polar surface area (TPSA) is 61.4 Å².